The zero-order chi connectivity index (χ0) is 11.4. The molecule has 0 bridgehead atoms. The van der Waals surface area contributed by atoms with Crippen LogP contribution in [0.5, 0.6) is 0 Å². The molecule has 0 saturated heterocycles. The highest BCUT2D eigenvalue weighted by Gasteiger charge is 2.15. The summed E-state index contributed by atoms with van der Waals surface area (Å²) >= 11 is 6.24. The van der Waals surface area contributed by atoms with E-state index in [-0.39, 0.29) is 5.38 Å². The molecule has 0 aliphatic carbocycles. The molecule has 2 atom stereocenters. The van der Waals surface area contributed by atoms with Crippen LogP contribution in [0.3, 0.4) is 0 Å². The molecule has 1 aromatic heterocycles. The molecular formula is C12H21ClN2. The lowest BCUT2D eigenvalue weighted by Gasteiger charge is -2.16. The van der Waals surface area contributed by atoms with Gasteiger partial charge in [-0.15, -0.1) is 11.6 Å². The third-order valence-electron chi connectivity index (χ3n) is 2.82. The van der Waals surface area contributed by atoms with Crippen molar-refractivity contribution in [1.29, 1.82) is 0 Å². The smallest absolute Gasteiger partial charge is 0.0596 e. The molecule has 0 saturated carbocycles. The van der Waals surface area contributed by atoms with Gasteiger partial charge in [0, 0.05) is 17.6 Å². The molecule has 0 N–H and O–H groups in total. The van der Waals surface area contributed by atoms with Crippen molar-refractivity contribution in [3.05, 3.63) is 17.5 Å². The fourth-order valence-corrected chi connectivity index (χ4v) is 1.99. The van der Waals surface area contributed by atoms with Crippen molar-refractivity contribution in [3.63, 3.8) is 0 Å². The van der Waals surface area contributed by atoms with Crippen LogP contribution >= 0.6 is 11.6 Å². The normalized spacial score (nSPS) is 15.3. The van der Waals surface area contributed by atoms with Crippen LogP contribution in [0.15, 0.2) is 6.07 Å². The minimum absolute atomic E-state index is 0.269. The van der Waals surface area contributed by atoms with E-state index < -0.39 is 0 Å². The summed E-state index contributed by atoms with van der Waals surface area (Å²) in [5.41, 5.74) is 2.41. The summed E-state index contributed by atoms with van der Waals surface area (Å²) in [6.07, 6.45) is 2.05. The van der Waals surface area contributed by atoms with E-state index in [0.717, 1.165) is 25.1 Å². The summed E-state index contributed by atoms with van der Waals surface area (Å²) in [4.78, 5) is 0. The fourth-order valence-electron chi connectivity index (χ4n) is 1.90. The zero-order valence-corrected chi connectivity index (χ0v) is 10.9. The van der Waals surface area contributed by atoms with Gasteiger partial charge in [-0.25, -0.2) is 0 Å². The topological polar surface area (TPSA) is 17.8 Å². The largest absolute Gasteiger partial charge is 0.270 e. The van der Waals surface area contributed by atoms with Crippen molar-refractivity contribution >= 4 is 11.6 Å². The van der Waals surface area contributed by atoms with Gasteiger partial charge in [-0.2, -0.15) is 5.10 Å². The van der Waals surface area contributed by atoms with Gasteiger partial charge in [-0.3, -0.25) is 4.68 Å². The lowest BCUT2D eigenvalue weighted by molar-refractivity contribution is 0.499. The first kappa shape index (κ1) is 12.6. The van der Waals surface area contributed by atoms with Crippen LogP contribution in [0.2, 0.25) is 0 Å². The Hall–Kier alpha value is -0.500. The molecule has 86 valence electrons. The van der Waals surface area contributed by atoms with Gasteiger partial charge in [-0.05, 0) is 38.7 Å². The highest BCUT2D eigenvalue weighted by Crippen LogP contribution is 2.19. The van der Waals surface area contributed by atoms with E-state index in [1.165, 1.54) is 5.69 Å². The van der Waals surface area contributed by atoms with E-state index in [0.29, 0.717) is 5.92 Å². The Morgan fingerprint density at radius 1 is 1.47 bits per heavy atom. The summed E-state index contributed by atoms with van der Waals surface area (Å²) in [7, 11) is 0. The van der Waals surface area contributed by atoms with E-state index in [9.17, 15) is 0 Å². The van der Waals surface area contributed by atoms with Gasteiger partial charge in [0.1, 0.15) is 0 Å². The molecule has 3 heteroatoms. The maximum absolute atomic E-state index is 6.24. The van der Waals surface area contributed by atoms with Crippen molar-refractivity contribution in [2.75, 3.05) is 0 Å². The number of aryl methyl sites for hydroxylation is 2. The predicted molar refractivity (Wildman–Crippen MR) is 65.4 cm³/mol. The molecular weight excluding hydrogens is 208 g/mol. The molecule has 1 heterocycles. The Bertz CT molecular complexity index is 307. The van der Waals surface area contributed by atoms with Gasteiger partial charge in [0.05, 0.1) is 5.69 Å². The van der Waals surface area contributed by atoms with E-state index in [2.05, 4.69) is 36.6 Å². The second kappa shape index (κ2) is 5.55. The van der Waals surface area contributed by atoms with Gasteiger partial charge >= 0.3 is 0 Å². The van der Waals surface area contributed by atoms with Gasteiger partial charge in [-0.1, -0.05) is 13.8 Å². The van der Waals surface area contributed by atoms with Crippen LogP contribution < -0.4 is 0 Å². The summed E-state index contributed by atoms with van der Waals surface area (Å²) in [6.45, 7) is 9.45. The average molecular weight is 229 g/mol. The number of rotatable bonds is 5. The van der Waals surface area contributed by atoms with Gasteiger partial charge < -0.3 is 0 Å². The van der Waals surface area contributed by atoms with Gasteiger partial charge in [0.2, 0.25) is 0 Å². The first-order valence-corrected chi connectivity index (χ1v) is 6.19. The second-order valence-electron chi connectivity index (χ2n) is 4.20. The first-order valence-electron chi connectivity index (χ1n) is 5.75. The number of nitrogens with zero attached hydrogens (tertiary/aromatic N) is 2. The molecule has 0 spiro atoms. The number of hydrogen-bond acceptors (Lipinski definition) is 1. The zero-order valence-electron chi connectivity index (χ0n) is 10.1. The lowest BCUT2D eigenvalue weighted by atomic mass is 9.99. The molecule has 2 nitrogen and oxygen atoms in total. The van der Waals surface area contributed by atoms with Gasteiger partial charge in [0.25, 0.3) is 0 Å². The maximum atomic E-state index is 6.24. The second-order valence-corrected chi connectivity index (χ2v) is 4.76. The maximum Gasteiger partial charge on any atom is 0.0596 e. The van der Waals surface area contributed by atoms with Crippen molar-refractivity contribution in [3.8, 4) is 0 Å². The van der Waals surface area contributed by atoms with Crippen LogP contribution in [0.4, 0.5) is 0 Å². The molecule has 0 amide bonds. The van der Waals surface area contributed by atoms with Gasteiger partial charge in [0.15, 0.2) is 0 Å². The highest BCUT2D eigenvalue weighted by molar-refractivity contribution is 6.20. The van der Waals surface area contributed by atoms with Crippen molar-refractivity contribution in [2.24, 2.45) is 5.92 Å². The summed E-state index contributed by atoms with van der Waals surface area (Å²) in [6, 6.07) is 2.17. The van der Waals surface area contributed by atoms with Crippen molar-refractivity contribution < 1.29 is 0 Å². The highest BCUT2D eigenvalue weighted by atomic mass is 35.5. The minimum atomic E-state index is 0.269. The molecule has 0 aliphatic heterocycles. The summed E-state index contributed by atoms with van der Waals surface area (Å²) in [5.74, 6) is 0.512. The number of hydrogen-bond donors (Lipinski definition) is 0. The number of aromatic nitrogens is 2. The standard InChI is InChI=1S/C12H21ClN2/c1-5-12(13)9(3)7-11-8-10(4)14-15(11)6-2/h8-9,12H,5-7H2,1-4H3. The Balaban J connectivity index is 2.70. The molecule has 0 radical (unpaired) electrons. The molecule has 1 aromatic rings. The Kier molecular flexibility index (Phi) is 4.65. The first-order chi connectivity index (χ1) is 7.08. The van der Waals surface area contributed by atoms with Crippen LogP contribution in [0, 0.1) is 12.8 Å². The quantitative estimate of drug-likeness (QED) is 0.707. The molecule has 2 unspecified atom stereocenters. The van der Waals surface area contributed by atoms with Crippen LogP contribution in [-0.2, 0) is 13.0 Å². The molecule has 0 fully saturated rings. The summed E-state index contributed by atoms with van der Waals surface area (Å²) < 4.78 is 2.07. The third kappa shape index (κ3) is 3.23. The van der Waals surface area contributed by atoms with Crippen molar-refractivity contribution in [2.45, 2.75) is 52.5 Å². The van der Waals surface area contributed by atoms with Crippen LogP contribution in [0.25, 0.3) is 0 Å². The monoisotopic (exact) mass is 228 g/mol. The SMILES string of the molecule is CCC(Cl)C(C)Cc1cc(C)nn1CC. The molecule has 0 aromatic carbocycles. The lowest BCUT2D eigenvalue weighted by Crippen LogP contribution is -2.15. The van der Waals surface area contributed by atoms with Crippen LogP contribution in [0.1, 0.15) is 38.6 Å². The van der Waals surface area contributed by atoms with E-state index in [1.54, 1.807) is 0 Å². The number of alkyl halides is 1. The average Bonchev–Trinajstić information content (AvgIpc) is 2.57. The molecule has 15 heavy (non-hydrogen) atoms. The minimum Gasteiger partial charge on any atom is -0.270 e. The molecule has 1 rings (SSSR count). The fraction of sp³-hybridized carbons (Fsp3) is 0.750. The van der Waals surface area contributed by atoms with E-state index in [4.69, 9.17) is 11.6 Å². The third-order valence-corrected chi connectivity index (χ3v) is 3.56. The Morgan fingerprint density at radius 2 is 2.13 bits per heavy atom. The van der Waals surface area contributed by atoms with Crippen molar-refractivity contribution in [1.82, 2.24) is 9.78 Å². The Labute approximate surface area is 97.6 Å². The van der Waals surface area contributed by atoms with E-state index >= 15 is 0 Å². The Morgan fingerprint density at radius 3 is 2.67 bits per heavy atom. The number of halogens is 1. The van der Waals surface area contributed by atoms with Crippen LogP contribution in [-0.4, -0.2) is 15.2 Å². The summed E-state index contributed by atoms with van der Waals surface area (Å²) in [5, 5.41) is 4.71. The predicted octanol–water partition coefficient (Wildman–Crippen LogP) is 3.41. The molecule has 0 aliphatic rings. The van der Waals surface area contributed by atoms with E-state index in [1.807, 2.05) is 6.92 Å².